The molecule has 3 unspecified atom stereocenters. The molecule has 11 heteroatoms. The van der Waals surface area contributed by atoms with Gasteiger partial charge in [-0.15, -0.1) is 0 Å². The Morgan fingerprint density at radius 3 is 2.36 bits per heavy atom. The third-order valence-corrected chi connectivity index (χ3v) is 7.77. The van der Waals surface area contributed by atoms with Crippen LogP contribution in [-0.4, -0.2) is 49.6 Å². The summed E-state index contributed by atoms with van der Waals surface area (Å²) >= 11 is 0. The molecule has 0 saturated carbocycles. The van der Waals surface area contributed by atoms with Crippen LogP contribution in [0.2, 0.25) is 0 Å². The topological polar surface area (TPSA) is 80.8 Å². The molecule has 0 spiro atoms. The average molecular weight is 559 g/mol. The lowest BCUT2D eigenvalue weighted by atomic mass is 9.63. The molecule has 1 heterocycles. The zero-order valence-electron chi connectivity index (χ0n) is 24.3. The summed E-state index contributed by atoms with van der Waals surface area (Å²) in [7, 11) is 1.73. The monoisotopic (exact) mass is 558 g/mol. The number of fused-ring (bicyclic) bond motifs is 1. The molecule has 0 aliphatic carbocycles. The number of nitrogens with zero attached hydrogens (tertiary/aromatic N) is 2. The van der Waals surface area contributed by atoms with Gasteiger partial charge in [-0.05, 0) is 56.3 Å². The van der Waals surface area contributed by atoms with Crippen molar-refractivity contribution in [2.24, 2.45) is 28.2 Å². The Bertz CT molecular complexity index is 964. The minimum atomic E-state index is -4.57. The summed E-state index contributed by atoms with van der Waals surface area (Å²) < 4.78 is 58.4. The number of benzene rings is 1. The number of alkyl halides is 3. The van der Waals surface area contributed by atoms with Gasteiger partial charge < -0.3 is 15.6 Å². The molecule has 3 atom stereocenters. The maximum Gasteiger partial charge on any atom is 0.393 e. The van der Waals surface area contributed by atoms with Crippen LogP contribution in [0.25, 0.3) is 0 Å². The molecule has 0 radical (unpaired) electrons. The highest BCUT2D eigenvalue weighted by Gasteiger charge is 2.57. The summed E-state index contributed by atoms with van der Waals surface area (Å²) in [5, 5.41) is 5.81. The largest absolute Gasteiger partial charge is 0.393 e. The quantitative estimate of drug-likeness (QED) is 0.139. The van der Waals surface area contributed by atoms with Crippen LogP contribution in [0, 0.1) is 29.0 Å². The average Bonchev–Trinajstić information content (AvgIpc) is 3.26. The van der Waals surface area contributed by atoms with E-state index in [1.807, 2.05) is 27.7 Å². The highest BCUT2D eigenvalue weighted by molar-refractivity contribution is 5.98. The Morgan fingerprint density at radius 2 is 1.82 bits per heavy atom. The van der Waals surface area contributed by atoms with Crippen molar-refractivity contribution >= 4 is 17.6 Å². The van der Waals surface area contributed by atoms with Crippen molar-refractivity contribution in [2.45, 2.75) is 79.6 Å². The summed E-state index contributed by atoms with van der Waals surface area (Å²) in [6.45, 7) is 12.0. The zero-order chi connectivity index (χ0) is 29.4. The van der Waals surface area contributed by atoms with E-state index in [-0.39, 0.29) is 18.4 Å². The first-order valence-electron chi connectivity index (χ1n) is 14.0. The second kappa shape index (κ2) is 14.3. The SMILES string of the molecule is CCCC(CC)(CC)C(C(CN(C)CC)C(=O)NC(=NCC(C)C)NC1NNc2cc(F)ccc21)C(F)(F)F. The third kappa shape index (κ3) is 8.54. The molecule has 222 valence electrons. The smallest absolute Gasteiger partial charge is 0.335 e. The minimum absolute atomic E-state index is 0.0409. The maximum absolute atomic E-state index is 14.9. The number of hydrogen-bond donors (Lipinski definition) is 4. The molecule has 1 aliphatic rings. The Morgan fingerprint density at radius 1 is 1.15 bits per heavy atom. The first-order chi connectivity index (χ1) is 18.3. The number of rotatable bonds is 13. The van der Waals surface area contributed by atoms with Gasteiger partial charge in [-0.2, -0.15) is 13.2 Å². The van der Waals surface area contributed by atoms with Crippen LogP contribution in [0.5, 0.6) is 0 Å². The van der Waals surface area contributed by atoms with Crippen LogP contribution >= 0.6 is 0 Å². The summed E-state index contributed by atoms with van der Waals surface area (Å²) in [6.07, 6.45) is -3.54. The molecule has 0 saturated heterocycles. The van der Waals surface area contributed by atoms with E-state index in [9.17, 15) is 22.4 Å². The molecule has 0 bridgehead atoms. The fourth-order valence-corrected chi connectivity index (χ4v) is 5.47. The number of guanidine groups is 1. The molecule has 7 nitrogen and oxygen atoms in total. The Hall–Kier alpha value is -2.40. The molecule has 0 fully saturated rings. The van der Waals surface area contributed by atoms with Gasteiger partial charge >= 0.3 is 6.18 Å². The lowest BCUT2D eigenvalue weighted by Crippen LogP contribution is -2.55. The third-order valence-electron chi connectivity index (χ3n) is 7.77. The van der Waals surface area contributed by atoms with Crippen molar-refractivity contribution in [1.82, 2.24) is 21.0 Å². The van der Waals surface area contributed by atoms with Crippen LogP contribution in [0.1, 0.15) is 79.0 Å². The van der Waals surface area contributed by atoms with E-state index in [0.29, 0.717) is 50.0 Å². The van der Waals surface area contributed by atoms with Crippen LogP contribution < -0.4 is 21.5 Å². The van der Waals surface area contributed by atoms with Crippen LogP contribution in [-0.2, 0) is 4.79 Å². The fourth-order valence-electron chi connectivity index (χ4n) is 5.47. The first kappa shape index (κ1) is 32.8. The second-order valence-electron chi connectivity index (χ2n) is 11.0. The number of carbonyl (C=O) groups is 1. The summed E-state index contributed by atoms with van der Waals surface area (Å²) in [6, 6.07) is 4.25. The molecule has 1 amide bonds. The molecule has 4 N–H and O–H groups in total. The molecule has 2 rings (SSSR count). The highest BCUT2D eigenvalue weighted by atomic mass is 19.4. The Balaban J connectivity index is 2.47. The van der Waals surface area contributed by atoms with Gasteiger partial charge in [0.05, 0.1) is 17.5 Å². The van der Waals surface area contributed by atoms with Crippen molar-refractivity contribution in [3.63, 3.8) is 0 Å². The number of aliphatic imine (C=N–C) groups is 1. The van der Waals surface area contributed by atoms with E-state index in [4.69, 9.17) is 0 Å². The van der Waals surface area contributed by atoms with Gasteiger partial charge in [0.25, 0.3) is 0 Å². The van der Waals surface area contributed by atoms with Gasteiger partial charge in [0.15, 0.2) is 5.96 Å². The standard InChI is InChI=1S/C28H46F4N6O/c1-8-14-27(9-2,10-3)23(28(30,31)32)21(17-38(7)11-4)25(39)35-26(33-16-18(5)6)34-24-20-13-12-19(29)15-22(20)36-37-24/h12-13,15,18,21,23-24,36-37H,8-11,14,16-17H2,1-7H3,(H2,33,34,35,39). The number of halogens is 4. The molecule has 39 heavy (non-hydrogen) atoms. The van der Waals surface area contributed by atoms with Gasteiger partial charge in [0.1, 0.15) is 12.0 Å². The summed E-state index contributed by atoms with van der Waals surface area (Å²) in [5.41, 5.74) is 6.01. The second-order valence-corrected chi connectivity index (χ2v) is 11.0. The minimum Gasteiger partial charge on any atom is -0.335 e. The van der Waals surface area contributed by atoms with Crippen molar-refractivity contribution in [3.05, 3.63) is 29.6 Å². The highest BCUT2D eigenvalue weighted by Crippen LogP contribution is 2.51. The molecule has 1 aromatic carbocycles. The van der Waals surface area contributed by atoms with Crippen molar-refractivity contribution < 1.29 is 22.4 Å². The van der Waals surface area contributed by atoms with Gasteiger partial charge in [-0.3, -0.25) is 15.1 Å². The van der Waals surface area contributed by atoms with E-state index in [0.717, 1.165) is 0 Å². The molecule has 0 aromatic heterocycles. The van der Waals surface area contributed by atoms with Crippen LogP contribution in [0.15, 0.2) is 23.2 Å². The normalized spacial score (nSPS) is 17.7. The number of carbonyl (C=O) groups excluding carboxylic acids is 1. The zero-order valence-corrected chi connectivity index (χ0v) is 24.3. The number of amides is 1. The van der Waals surface area contributed by atoms with E-state index >= 15 is 0 Å². The fraction of sp³-hybridized carbons (Fsp3) is 0.714. The molecular formula is C28H46F4N6O. The number of anilines is 1. The van der Waals surface area contributed by atoms with Gasteiger partial charge in [-0.25, -0.2) is 9.82 Å². The van der Waals surface area contributed by atoms with Gasteiger partial charge in [-0.1, -0.05) is 54.0 Å². The predicted molar refractivity (Wildman–Crippen MR) is 148 cm³/mol. The van der Waals surface area contributed by atoms with E-state index in [2.05, 4.69) is 26.5 Å². The van der Waals surface area contributed by atoms with E-state index in [1.165, 1.54) is 12.1 Å². The summed E-state index contributed by atoms with van der Waals surface area (Å²) in [5.74, 6) is -4.07. The predicted octanol–water partition coefficient (Wildman–Crippen LogP) is 5.83. The van der Waals surface area contributed by atoms with Crippen LogP contribution in [0.4, 0.5) is 23.2 Å². The first-order valence-corrected chi connectivity index (χ1v) is 14.0. The summed E-state index contributed by atoms with van der Waals surface area (Å²) in [4.78, 5) is 20.1. The lowest BCUT2D eigenvalue weighted by molar-refractivity contribution is -0.228. The maximum atomic E-state index is 14.9. The number of hydrazine groups is 1. The van der Waals surface area contributed by atoms with Crippen molar-refractivity contribution in [3.8, 4) is 0 Å². The Labute approximate surface area is 230 Å². The number of nitrogens with one attached hydrogen (secondary N) is 4. The van der Waals surface area contributed by atoms with Crippen LogP contribution in [0.3, 0.4) is 0 Å². The Kier molecular flexibility index (Phi) is 12.0. The molecular weight excluding hydrogens is 512 g/mol. The van der Waals surface area contributed by atoms with E-state index < -0.39 is 41.3 Å². The van der Waals surface area contributed by atoms with Crippen molar-refractivity contribution in [2.75, 3.05) is 32.1 Å². The lowest BCUT2D eigenvalue weighted by Gasteiger charge is -2.45. The van der Waals surface area contributed by atoms with Gasteiger partial charge in [0, 0.05) is 18.7 Å². The van der Waals surface area contributed by atoms with E-state index in [1.54, 1.807) is 31.9 Å². The van der Waals surface area contributed by atoms with Gasteiger partial charge in [0.2, 0.25) is 5.91 Å². The molecule has 1 aliphatic heterocycles. The number of hydrogen-bond acceptors (Lipinski definition) is 5. The molecule has 1 aromatic rings. The van der Waals surface area contributed by atoms with Crippen molar-refractivity contribution in [1.29, 1.82) is 0 Å².